The van der Waals surface area contributed by atoms with E-state index in [0.717, 1.165) is 4.90 Å². The highest BCUT2D eigenvalue weighted by molar-refractivity contribution is 5.55. The summed E-state index contributed by atoms with van der Waals surface area (Å²) in [7, 11) is 1.26. The molecule has 1 aromatic rings. The number of hydrogen-bond acceptors (Lipinski definition) is 2. The van der Waals surface area contributed by atoms with Crippen LogP contribution in [0, 0.1) is 5.82 Å². The summed E-state index contributed by atoms with van der Waals surface area (Å²) in [6, 6.07) is 3.31. The molecule has 0 saturated heterocycles. The van der Waals surface area contributed by atoms with E-state index in [4.69, 9.17) is 5.73 Å². The highest BCUT2D eigenvalue weighted by Crippen LogP contribution is 2.29. The summed E-state index contributed by atoms with van der Waals surface area (Å²) >= 11 is 0. The second kappa shape index (κ2) is 4.91. The summed E-state index contributed by atoms with van der Waals surface area (Å²) < 4.78 is 50.3. The number of benzene rings is 1. The van der Waals surface area contributed by atoms with Gasteiger partial charge in [-0.25, -0.2) is 4.39 Å². The van der Waals surface area contributed by atoms with Crippen LogP contribution in [0.5, 0.6) is 0 Å². The van der Waals surface area contributed by atoms with Crippen LogP contribution in [0.15, 0.2) is 18.2 Å². The number of rotatable bonds is 3. The topological polar surface area (TPSA) is 29.3 Å². The van der Waals surface area contributed by atoms with Crippen LogP contribution in [-0.4, -0.2) is 19.8 Å². The highest BCUT2D eigenvalue weighted by atomic mass is 19.4. The third-order valence-electron chi connectivity index (χ3n) is 2.31. The third kappa shape index (κ3) is 3.59. The van der Waals surface area contributed by atoms with Crippen LogP contribution in [0.4, 0.5) is 23.2 Å². The lowest BCUT2D eigenvalue weighted by Gasteiger charge is -2.25. The Hall–Kier alpha value is -1.30. The lowest BCUT2D eigenvalue weighted by atomic mass is 10.1. The summed E-state index contributed by atoms with van der Waals surface area (Å²) in [6.07, 6.45) is -4.34. The van der Waals surface area contributed by atoms with Gasteiger partial charge < -0.3 is 10.6 Å². The van der Waals surface area contributed by atoms with Crippen LogP contribution < -0.4 is 10.6 Å². The van der Waals surface area contributed by atoms with Gasteiger partial charge in [-0.1, -0.05) is 6.07 Å². The molecule has 2 nitrogen and oxygen atoms in total. The molecule has 0 aliphatic heterocycles. The molecular weight excluding hydrogens is 236 g/mol. The molecule has 0 bridgehead atoms. The van der Waals surface area contributed by atoms with Gasteiger partial charge in [-0.2, -0.15) is 13.2 Å². The molecule has 6 heteroatoms. The Balaban J connectivity index is 3.09. The van der Waals surface area contributed by atoms with Crippen LogP contribution in [-0.2, 0) is 0 Å². The smallest absolute Gasteiger partial charge is 0.365 e. The molecule has 1 atom stereocenters. The predicted octanol–water partition coefficient (Wildman–Crippen LogP) is 2.84. The number of halogens is 4. The molecular formula is C11H14F4N2. The molecule has 1 aromatic carbocycles. The van der Waals surface area contributed by atoms with Crippen molar-refractivity contribution >= 4 is 5.69 Å². The standard InChI is InChI=1S/C11H14F4N2/c1-7(16)10-8(12)4-3-5-9(10)17(2)6-11(13,14)15/h3-5,7H,6,16H2,1-2H3/t7-/m0/s1. The van der Waals surface area contributed by atoms with E-state index in [2.05, 4.69) is 0 Å². The lowest BCUT2D eigenvalue weighted by Crippen LogP contribution is -2.32. The van der Waals surface area contributed by atoms with Gasteiger partial charge in [0, 0.05) is 24.3 Å². The van der Waals surface area contributed by atoms with Gasteiger partial charge in [-0.05, 0) is 19.1 Å². The van der Waals surface area contributed by atoms with Crippen molar-refractivity contribution in [1.82, 2.24) is 0 Å². The van der Waals surface area contributed by atoms with E-state index < -0.39 is 24.6 Å². The van der Waals surface area contributed by atoms with Gasteiger partial charge >= 0.3 is 6.18 Å². The fraction of sp³-hybridized carbons (Fsp3) is 0.455. The average molecular weight is 250 g/mol. The number of hydrogen-bond donors (Lipinski definition) is 1. The molecule has 0 aromatic heterocycles. The minimum atomic E-state index is -4.34. The first kappa shape index (κ1) is 13.8. The molecule has 0 fully saturated rings. The van der Waals surface area contributed by atoms with Crippen molar-refractivity contribution in [3.05, 3.63) is 29.6 Å². The van der Waals surface area contributed by atoms with Crippen LogP contribution in [0.3, 0.4) is 0 Å². The zero-order chi connectivity index (χ0) is 13.2. The number of nitrogens with zero attached hydrogens (tertiary/aromatic N) is 1. The molecule has 0 amide bonds. The molecule has 0 radical (unpaired) electrons. The monoisotopic (exact) mass is 250 g/mol. The van der Waals surface area contributed by atoms with Crippen LogP contribution >= 0.6 is 0 Å². The fourth-order valence-corrected chi connectivity index (χ4v) is 1.66. The normalized spacial score (nSPS) is 13.6. The van der Waals surface area contributed by atoms with E-state index in [1.165, 1.54) is 32.2 Å². The molecule has 0 unspecified atom stereocenters. The van der Waals surface area contributed by atoms with E-state index in [-0.39, 0.29) is 11.3 Å². The first-order valence-corrected chi connectivity index (χ1v) is 5.04. The van der Waals surface area contributed by atoms with E-state index in [0.29, 0.717) is 0 Å². The van der Waals surface area contributed by atoms with Gasteiger partial charge in [0.25, 0.3) is 0 Å². The Kier molecular flexibility index (Phi) is 3.98. The first-order chi connectivity index (χ1) is 7.72. The Bertz CT molecular complexity index is 388. The SMILES string of the molecule is C[C@H](N)c1c(F)cccc1N(C)CC(F)(F)F. The summed E-state index contributed by atoms with van der Waals surface area (Å²) in [5.41, 5.74) is 5.83. The Labute approximate surface area is 97.0 Å². The van der Waals surface area contributed by atoms with E-state index in [1.54, 1.807) is 0 Å². The van der Waals surface area contributed by atoms with Crippen molar-refractivity contribution in [1.29, 1.82) is 0 Å². The maximum absolute atomic E-state index is 13.5. The van der Waals surface area contributed by atoms with Crippen molar-refractivity contribution in [3.63, 3.8) is 0 Å². The van der Waals surface area contributed by atoms with Gasteiger partial charge in [0.05, 0.1) is 0 Å². The maximum atomic E-state index is 13.5. The van der Waals surface area contributed by atoms with Gasteiger partial charge in [0.2, 0.25) is 0 Å². The van der Waals surface area contributed by atoms with Crippen LogP contribution in [0.1, 0.15) is 18.5 Å². The second-order valence-electron chi connectivity index (χ2n) is 3.93. The quantitative estimate of drug-likeness (QED) is 0.836. The average Bonchev–Trinajstić information content (AvgIpc) is 2.13. The largest absolute Gasteiger partial charge is 0.405 e. The molecule has 96 valence electrons. The molecule has 0 heterocycles. The van der Waals surface area contributed by atoms with Gasteiger partial charge in [-0.15, -0.1) is 0 Å². The van der Waals surface area contributed by atoms with Gasteiger partial charge in [-0.3, -0.25) is 0 Å². The summed E-state index contributed by atoms with van der Waals surface area (Å²) in [5, 5.41) is 0. The van der Waals surface area contributed by atoms with Gasteiger partial charge in [0.15, 0.2) is 0 Å². The summed E-state index contributed by atoms with van der Waals surface area (Å²) in [6.45, 7) is 0.388. The Morgan fingerprint density at radius 1 is 1.35 bits per heavy atom. The fourth-order valence-electron chi connectivity index (χ4n) is 1.66. The van der Waals surface area contributed by atoms with Crippen molar-refractivity contribution in [2.75, 3.05) is 18.5 Å². The minimum absolute atomic E-state index is 0.0965. The number of anilines is 1. The van der Waals surface area contributed by atoms with E-state index in [1.807, 2.05) is 0 Å². The maximum Gasteiger partial charge on any atom is 0.405 e. The molecule has 0 saturated carbocycles. The van der Waals surface area contributed by atoms with Crippen LogP contribution in [0.2, 0.25) is 0 Å². The summed E-state index contributed by atoms with van der Waals surface area (Å²) in [5.74, 6) is -0.591. The zero-order valence-electron chi connectivity index (χ0n) is 9.55. The molecule has 0 spiro atoms. The summed E-state index contributed by atoms with van der Waals surface area (Å²) in [4.78, 5) is 0.946. The Morgan fingerprint density at radius 3 is 2.41 bits per heavy atom. The van der Waals surface area contributed by atoms with Crippen molar-refractivity contribution in [2.24, 2.45) is 5.73 Å². The van der Waals surface area contributed by atoms with Crippen molar-refractivity contribution in [3.8, 4) is 0 Å². The van der Waals surface area contributed by atoms with E-state index >= 15 is 0 Å². The number of nitrogens with two attached hydrogens (primary N) is 1. The predicted molar refractivity (Wildman–Crippen MR) is 58.3 cm³/mol. The minimum Gasteiger partial charge on any atom is -0.365 e. The number of alkyl halides is 3. The molecule has 1 rings (SSSR count). The zero-order valence-corrected chi connectivity index (χ0v) is 9.55. The van der Waals surface area contributed by atoms with Crippen molar-refractivity contribution < 1.29 is 17.6 Å². The molecule has 0 aliphatic carbocycles. The lowest BCUT2D eigenvalue weighted by molar-refractivity contribution is -0.119. The first-order valence-electron chi connectivity index (χ1n) is 5.04. The van der Waals surface area contributed by atoms with Crippen molar-refractivity contribution in [2.45, 2.75) is 19.1 Å². The molecule has 17 heavy (non-hydrogen) atoms. The Morgan fingerprint density at radius 2 is 1.94 bits per heavy atom. The van der Waals surface area contributed by atoms with Gasteiger partial charge in [0.1, 0.15) is 12.4 Å². The molecule has 2 N–H and O–H groups in total. The van der Waals surface area contributed by atoms with E-state index in [9.17, 15) is 17.6 Å². The highest BCUT2D eigenvalue weighted by Gasteiger charge is 2.30. The molecule has 0 aliphatic rings. The second-order valence-corrected chi connectivity index (χ2v) is 3.93. The third-order valence-corrected chi connectivity index (χ3v) is 2.31. The van der Waals surface area contributed by atoms with Crippen LogP contribution in [0.25, 0.3) is 0 Å².